The Bertz CT molecular complexity index is 104. The van der Waals surface area contributed by atoms with E-state index in [1.54, 1.807) is 0 Å². The van der Waals surface area contributed by atoms with Crippen molar-refractivity contribution in [1.29, 1.82) is 0 Å². The van der Waals surface area contributed by atoms with Crippen LogP contribution in [0.3, 0.4) is 0 Å². The Kier molecular flexibility index (Phi) is 24.6. The summed E-state index contributed by atoms with van der Waals surface area (Å²) in [5.41, 5.74) is 0. The third-order valence-electron chi connectivity index (χ3n) is 0. The van der Waals surface area contributed by atoms with Gasteiger partial charge in [-0.05, 0) is 0 Å². The Morgan fingerprint density at radius 2 is 1.25 bits per heavy atom. The predicted molar refractivity (Wildman–Crippen MR) is 32.5 cm³/mol. The van der Waals surface area contributed by atoms with Crippen LogP contribution < -0.4 is 29.6 Å². The van der Waals surface area contributed by atoms with E-state index in [0.717, 1.165) is 0 Å². The Morgan fingerprint density at radius 3 is 1.25 bits per heavy atom. The SMILES string of the molecule is Cl.O=S(=O)(O)O.[AlH3].[H-].[Na+]. The van der Waals surface area contributed by atoms with Gasteiger partial charge in [-0.15, -0.1) is 12.4 Å². The molecule has 0 radical (unpaired) electrons. The zero-order valence-corrected chi connectivity index (χ0v) is 7.16. The second kappa shape index (κ2) is 8.69. The molecule has 48 valence electrons. The molecule has 0 rings (SSSR count). The molecule has 0 aromatic rings. The molecule has 0 aliphatic carbocycles. The number of hydrogen-bond donors (Lipinski definition) is 2. The van der Waals surface area contributed by atoms with Crippen LogP contribution in [0.5, 0.6) is 0 Å². The fraction of sp³-hybridized carbons (Fsp3) is 0. The van der Waals surface area contributed by atoms with Gasteiger partial charge >= 0.3 is 40.0 Å². The van der Waals surface area contributed by atoms with E-state index in [-0.39, 0.29) is 60.8 Å². The zero-order chi connectivity index (χ0) is 4.50. The second-order valence-corrected chi connectivity index (χ2v) is 1.34. The summed E-state index contributed by atoms with van der Waals surface area (Å²) in [6.07, 6.45) is 0. The Balaban J connectivity index is -0.0000000133. The molecule has 0 atom stereocenters. The van der Waals surface area contributed by atoms with Crippen LogP contribution in [0, 0.1) is 0 Å². The van der Waals surface area contributed by atoms with Gasteiger partial charge in [0.2, 0.25) is 0 Å². The summed E-state index contributed by atoms with van der Waals surface area (Å²) in [6.45, 7) is 0. The molecule has 0 aromatic carbocycles. The van der Waals surface area contributed by atoms with E-state index in [4.69, 9.17) is 17.5 Å². The van der Waals surface area contributed by atoms with Crippen LogP contribution in [0.2, 0.25) is 0 Å². The molecule has 0 fully saturated rings. The quantitative estimate of drug-likeness (QED) is 0.298. The maximum Gasteiger partial charge on any atom is 1.00 e. The topological polar surface area (TPSA) is 74.6 Å². The molecule has 0 saturated carbocycles. The van der Waals surface area contributed by atoms with E-state index < -0.39 is 10.4 Å². The molecule has 0 spiro atoms. The minimum atomic E-state index is -4.67. The van der Waals surface area contributed by atoms with Gasteiger partial charge in [-0.1, -0.05) is 0 Å². The standard InChI is InChI=1S/Al.ClH.Na.H2O4S.4H/c;;;1-5(2,3)4;;;;/h;1H;;(H2,1,2,3,4);;;;/q;;+1;;;;;-1. The average molecular weight is 189 g/mol. The largest absolute Gasteiger partial charge is 1.00 e. The normalized spacial score (nSPS) is 7.25. The first-order chi connectivity index (χ1) is 2.00. The molecule has 0 unspecified atom stereocenters. The van der Waals surface area contributed by atoms with Crippen LogP contribution in [0.15, 0.2) is 0 Å². The van der Waals surface area contributed by atoms with Gasteiger partial charge in [0.25, 0.3) is 0 Å². The van der Waals surface area contributed by atoms with Crippen molar-refractivity contribution in [2.75, 3.05) is 0 Å². The number of halogens is 1. The van der Waals surface area contributed by atoms with Crippen LogP contribution >= 0.6 is 12.4 Å². The molecule has 0 aromatic heterocycles. The predicted octanol–water partition coefficient (Wildman–Crippen LogP) is -4.30. The van der Waals surface area contributed by atoms with E-state index in [0.29, 0.717) is 0 Å². The number of hydrogen-bond acceptors (Lipinski definition) is 2. The van der Waals surface area contributed by atoms with E-state index in [1.807, 2.05) is 0 Å². The smallest absolute Gasteiger partial charge is 1.00 e. The first kappa shape index (κ1) is 22.6. The molecular weight excluding hydrogens is 181 g/mol. The average Bonchev–Trinajstić information content (AvgIpc) is 0.722. The Hall–Kier alpha value is 1.69. The van der Waals surface area contributed by atoms with Crippen molar-refractivity contribution in [3.05, 3.63) is 0 Å². The zero-order valence-electron chi connectivity index (χ0n) is 4.53. The molecule has 4 nitrogen and oxygen atoms in total. The minimum Gasteiger partial charge on any atom is -1.00 e. The van der Waals surface area contributed by atoms with Gasteiger partial charge in [-0.25, -0.2) is 0 Å². The van der Waals surface area contributed by atoms with Gasteiger partial charge < -0.3 is 1.43 Å². The molecule has 0 saturated heterocycles. The summed E-state index contributed by atoms with van der Waals surface area (Å²) in [4.78, 5) is 0. The van der Waals surface area contributed by atoms with Crippen LogP contribution in [0.1, 0.15) is 1.43 Å². The van der Waals surface area contributed by atoms with E-state index >= 15 is 0 Å². The first-order valence-electron chi connectivity index (χ1n) is 0.698. The van der Waals surface area contributed by atoms with Crippen molar-refractivity contribution in [2.45, 2.75) is 0 Å². The van der Waals surface area contributed by atoms with Crippen LogP contribution in [-0.4, -0.2) is 34.9 Å². The van der Waals surface area contributed by atoms with Crippen LogP contribution in [-0.2, 0) is 10.4 Å². The van der Waals surface area contributed by atoms with E-state index in [9.17, 15) is 0 Å². The summed E-state index contributed by atoms with van der Waals surface area (Å²) in [5.74, 6) is 0. The fourth-order valence-electron chi connectivity index (χ4n) is 0. The third kappa shape index (κ3) is 120. The monoisotopic (exact) mass is 188 g/mol. The van der Waals surface area contributed by atoms with Gasteiger partial charge in [0.05, 0.1) is 0 Å². The summed E-state index contributed by atoms with van der Waals surface area (Å²) in [6, 6.07) is 0. The van der Waals surface area contributed by atoms with Crippen LogP contribution in [0.4, 0.5) is 0 Å². The summed E-state index contributed by atoms with van der Waals surface area (Å²) < 4.78 is 31.6. The molecule has 8 heavy (non-hydrogen) atoms. The van der Waals surface area contributed by atoms with Crippen LogP contribution in [0.25, 0.3) is 0 Å². The van der Waals surface area contributed by atoms with Gasteiger partial charge in [0, 0.05) is 0 Å². The summed E-state index contributed by atoms with van der Waals surface area (Å²) in [5, 5.41) is 0. The van der Waals surface area contributed by atoms with Crippen molar-refractivity contribution >= 4 is 40.2 Å². The van der Waals surface area contributed by atoms with Crippen molar-refractivity contribution in [3.63, 3.8) is 0 Å². The number of rotatable bonds is 0. The van der Waals surface area contributed by atoms with Crippen molar-refractivity contribution in [3.8, 4) is 0 Å². The molecule has 0 bridgehead atoms. The molecule has 0 aliphatic rings. The molecule has 8 heteroatoms. The summed E-state index contributed by atoms with van der Waals surface area (Å²) >= 11 is 0. The fourth-order valence-corrected chi connectivity index (χ4v) is 0. The molecule has 0 heterocycles. The third-order valence-corrected chi connectivity index (χ3v) is 0. The minimum absolute atomic E-state index is 0. The molecule has 0 amide bonds. The Morgan fingerprint density at radius 1 is 1.25 bits per heavy atom. The van der Waals surface area contributed by atoms with Gasteiger partial charge in [-0.3, -0.25) is 9.11 Å². The second-order valence-electron chi connectivity index (χ2n) is 0.448. The van der Waals surface area contributed by atoms with Crippen molar-refractivity contribution < 1.29 is 48.5 Å². The van der Waals surface area contributed by atoms with E-state index in [1.165, 1.54) is 0 Å². The maximum atomic E-state index is 8.74. The molecular formula is H7AlClNaO4S. The Labute approximate surface area is 87.9 Å². The first-order valence-corrected chi connectivity index (χ1v) is 2.10. The van der Waals surface area contributed by atoms with Gasteiger partial charge in [-0.2, -0.15) is 8.42 Å². The van der Waals surface area contributed by atoms with Gasteiger partial charge in [0.1, 0.15) is 0 Å². The van der Waals surface area contributed by atoms with Crippen molar-refractivity contribution in [2.24, 2.45) is 0 Å². The summed E-state index contributed by atoms with van der Waals surface area (Å²) in [7, 11) is -4.67. The van der Waals surface area contributed by atoms with Crippen molar-refractivity contribution in [1.82, 2.24) is 0 Å². The molecule has 0 aliphatic heterocycles. The van der Waals surface area contributed by atoms with Gasteiger partial charge in [0.15, 0.2) is 17.4 Å². The maximum absolute atomic E-state index is 8.74. The van der Waals surface area contributed by atoms with E-state index in [2.05, 4.69) is 0 Å². The molecule has 2 N–H and O–H groups in total.